The van der Waals surface area contributed by atoms with E-state index in [2.05, 4.69) is 27.3 Å². The number of hydrogen-bond donors (Lipinski definition) is 4. The summed E-state index contributed by atoms with van der Waals surface area (Å²) in [6.07, 6.45) is 4.97. The number of benzene rings is 3. The van der Waals surface area contributed by atoms with Crippen LogP contribution in [0.4, 0.5) is 0 Å². The number of aliphatic hydroxyl groups excluding tert-OH is 2. The number of ether oxygens (including phenoxy) is 3. The smallest absolute Gasteiger partial charge is 0.326 e. The van der Waals surface area contributed by atoms with Gasteiger partial charge in [-0.25, -0.2) is 0 Å². The Balaban J connectivity index is 1.21. The number of fused-ring (bicyclic) bond motifs is 1. The molecular formula is C38H40Cl3N3O7. The van der Waals surface area contributed by atoms with Crippen molar-refractivity contribution in [1.82, 2.24) is 15.2 Å². The summed E-state index contributed by atoms with van der Waals surface area (Å²) in [7, 11) is 0. The number of aliphatic carboxylic acids is 1. The molecule has 4 N–H and O–H groups in total. The summed E-state index contributed by atoms with van der Waals surface area (Å²) in [6.45, 7) is 3.80. The first kappa shape index (κ1) is 37.2. The molecule has 4 aromatic rings. The van der Waals surface area contributed by atoms with Gasteiger partial charge in [-0.3, -0.25) is 20.0 Å². The largest absolute Gasteiger partial charge is 0.492 e. The molecule has 6 rings (SSSR count). The van der Waals surface area contributed by atoms with E-state index in [1.54, 1.807) is 24.4 Å². The second-order valence-corrected chi connectivity index (χ2v) is 14.3. The van der Waals surface area contributed by atoms with Gasteiger partial charge in [0, 0.05) is 61.3 Å². The van der Waals surface area contributed by atoms with E-state index in [9.17, 15) is 20.1 Å². The molecule has 0 spiro atoms. The molecule has 13 heteroatoms. The summed E-state index contributed by atoms with van der Waals surface area (Å²) in [5.74, 6) is 0.271. The van der Waals surface area contributed by atoms with Crippen LogP contribution in [0.5, 0.6) is 17.2 Å². The van der Waals surface area contributed by atoms with E-state index in [0.29, 0.717) is 64.0 Å². The van der Waals surface area contributed by atoms with E-state index in [4.69, 9.17) is 49.0 Å². The Morgan fingerprint density at radius 3 is 2.55 bits per heavy atom. The molecule has 2 aliphatic rings. The number of halogens is 3. The van der Waals surface area contributed by atoms with Crippen molar-refractivity contribution in [1.29, 1.82) is 0 Å². The number of carboxylic acid groups (broad SMARTS) is 1. The highest BCUT2D eigenvalue weighted by Gasteiger charge is 2.33. The minimum Gasteiger partial charge on any atom is -0.492 e. The van der Waals surface area contributed by atoms with Gasteiger partial charge in [0.1, 0.15) is 35.5 Å². The average Bonchev–Trinajstić information content (AvgIpc) is 3.52. The second-order valence-electron chi connectivity index (χ2n) is 13.1. The zero-order chi connectivity index (χ0) is 36.1. The highest BCUT2D eigenvalue weighted by Crippen LogP contribution is 2.45. The molecule has 1 aliphatic carbocycles. The van der Waals surface area contributed by atoms with Gasteiger partial charge in [0.2, 0.25) is 0 Å². The van der Waals surface area contributed by atoms with Crippen molar-refractivity contribution in [2.45, 2.75) is 57.1 Å². The molecule has 1 aromatic heterocycles. The Labute approximate surface area is 311 Å². The van der Waals surface area contributed by atoms with Crippen LogP contribution in [-0.2, 0) is 24.4 Å². The summed E-state index contributed by atoms with van der Waals surface area (Å²) in [4.78, 5) is 18.1. The molecule has 1 saturated heterocycles. The van der Waals surface area contributed by atoms with Crippen LogP contribution in [-0.4, -0.2) is 75.7 Å². The first-order chi connectivity index (χ1) is 24.5. The lowest BCUT2D eigenvalue weighted by Crippen LogP contribution is -2.52. The lowest BCUT2D eigenvalue weighted by Gasteiger charge is -2.35. The lowest BCUT2D eigenvalue weighted by molar-refractivity contribution is -0.145. The predicted molar refractivity (Wildman–Crippen MR) is 196 cm³/mol. The van der Waals surface area contributed by atoms with Gasteiger partial charge in [-0.1, -0.05) is 65.1 Å². The number of likely N-dealkylation sites (tertiary alicyclic amines) is 1. The standard InChI is InChI=1S/C38H40Cl3N3O7/c1-38(22-45,37(47)48)43-17-24-14-31(40)35(15-34(24)50-21-23-13-25(39)18-42-16-23)51-32-10-9-28-27(5-2-6-29(28)32)30-7-3-8-33(36(30)41)49-12-4-11-44-19-26(46)20-44/h2-3,5-8,13-16,18,26,32,43,45-46H,4,9-12,17,19-22H2,1H3,(H,47,48)/t32-,38+/m0/s1. The van der Waals surface area contributed by atoms with E-state index in [1.807, 2.05) is 24.3 Å². The third-order valence-corrected chi connectivity index (χ3v) is 10.2. The molecule has 1 fully saturated rings. The van der Waals surface area contributed by atoms with E-state index < -0.39 is 18.1 Å². The molecule has 270 valence electrons. The maximum Gasteiger partial charge on any atom is 0.326 e. The molecule has 0 amide bonds. The molecule has 0 radical (unpaired) electrons. The van der Waals surface area contributed by atoms with Crippen molar-refractivity contribution in [3.63, 3.8) is 0 Å². The van der Waals surface area contributed by atoms with Crippen molar-refractivity contribution >= 4 is 40.8 Å². The van der Waals surface area contributed by atoms with Crippen molar-refractivity contribution in [3.8, 4) is 28.4 Å². The molecule has 2 atom stereocenters. The van der Waals surface area contributed by atoms with Crippen LogP contribution in [0.1, 0.15) is 48.1 Å². The Morgan fingerprint density at radius 2 is 1.80 bits per heavy atom. The summed E-state index contributed by atoms with van der Waals surface area (Å²) >= 11 is 19.9. The van der Waals surface area contributed by atoms with Crippen LogP contribution in [0, 0.1) is 0 Å². The Hall–Kier alpha value is -3.61. The first-order valence-corrected chi connectivity index (χ1v) is 17.9. The van der Waals surface area contributed by atoms with Crippen molar-refractivity contribution in [3.05, 3.63) is 104 Å². The molecule has 10 nitrogen and oxygen atoms in total. The van der Waals surface area contributed by atoms with Crippen LogP contribution >= 0.6 is 34.8 Å². The first-order valence-electron chi connectivity index (χ1n) is 16.8. The molecule has 3 aromatic carbocycles. The molecule has 51 heavy (non-hydrogen) atoms. The number of carbonyl (C=O) groups is 1. The number of pyridine rings is 1. The van der Waals surface area contributed by atoms with E-state index in [-0.39, 0.29) is 25.4 Å². The number of aliphatic hydroxyl groups is 2. The van der Waals surface area contributed by atoms with Gasteiger partial charge < -0.3 is 29.5 Å². The minimum atomic E-state index is -1.57. The monoisotopic (exact) mass is 755 g/mol. The van der Waals surface area contributed by atoms with Crippen LogP contribution in [0.3, 0.4) is 0 Å². The Kier molecular flexibility index (Phi) is 11.9. The number of aromatic nitrogens is 1. The van der Waals surface area contributed by atoms with Gasteiger partial charge in [0.25, 0.3) is 0 Å². The zero-order valence-corrected chi connectivity index (χ0v) is 30.3. The van der Waals surface area contributed by atoms with Gasteiger partial charge in [-0.15, -0.1) is 0 Å². The third-order valence-electron chi connectivity index (χ3n) is 9.28. The maximum atomic E-state index is 11.8. The molecule has 0 bridgehead atoms. The third kappa shape index (κ3) is 8.72. The van der Waals surface area contributed by atoms with Gasteiger partial charge in [-0.2, -0.15) is 0 Å². The van der Waals surface area contributed by atoms with E-state index >= 15 is 0 Å². The summed E-state index contributed by atoms with van der Waals surface area (Å²) in [5.41, 5.74) is 3.80. The van der Waals surface area contributed by atoms with Gasteiger partial charge in [-0.05, 0) is 61.1 Å². The quantitative estimate of drug-likeness (QED) is 0.0914. The highest BCUT2D eigenvalue weighted by atomic mass is 35.5. The number of nitrogens with one attached hydrogen (secondary N) is 1. The summed E-state index contributed by atoms with van der Waals surface area (Å²) in [5, 5.41) is 33.2. The van der Waals surface area contributed by atoms with Crippen molar-refractivity contribution in [2.24, 2.45) is 0 Å². The molecule has 0 unspecified atom stereocenters. The van der Waals surface area contributed by atoms with Gasteiger partial charge >= 0.3 is 5.97 Å². The number of rotatable bonds is 16. The van der Waals surface area contributed by atoms with Gasteiger partial charge in [0.05, 0.1) is 34.4 Å². The molecular weight excluding hydrogens is 717 g/mol. The number of β-amino-alcohol motifs (C(OH)–C–C–N with tert-alkyl or cyclic N) is 1. The highest BCUT2D eigenvalue weighted by molar-refractivity contribution is 6.35. The fourth-order valence-corrected chi connectivity index (χ4v) is 7.00. The van der Waals surface area contributed by atoms with Gasteiger partial charge in [0.15, 0.2) is 0 Å². The van der Waals surface area contributed by atoms with Crippen LogP contribution in [0.2, 0.25) is 15.1 Å². The normalized spacial score (nSPS) is 17.0. The zero-order valence-electron chi connectivity index (χ0n) is 28.1. The number of hydrogen-bond acceptors (Lipinski definition) is 9. The minimum absolute atomic E-state index is 0.0498. The Bertz CT molecular complexity index is 1870. The summed E-state index contributed by atoms with van der Waals surface area (Å²) < 4.78 is 18.9. The summed E-state index contributed by atoms with van der Waals surface area (Å²) in [6, 6.07) is 17.1. The molecule has 0 saturated carbocycles. The van der Waals surface area contributed by atoms with E-state index in [0.717, 1.165) is 47.2 Å². The van der Waals surface area contributed by atoms with Crippen molar-refractivity contribution < 1.29 is 34.3 Å². The van der Waals surface area contributed by atoms with Crippen LogP contribution in [0.15, 0.2) is 67.0 Å². The van der Waals surface area contributed by atoms with Crippen LogP contribution < -0.4 is 19.5 Å². The SMILES string of the molecule is C[C@](CO)(NCc1cc(Cl)c(O[C@H]2CCc3c(-c4cccc(OCCCN5CC(O)C5)c4Cl)cccc32)cc1OCc1cncc(Cl)c1)C(=O)O. The molecule has 1 aliphatic heterocycles. The average molecular weight is 757 g/mol. The maximum absolute atomic E-state index is 11.8. The molecule has 2 heterocycles. The predicted octanol–water partition coefficient (Wildman–Crippen LogP) is 6.72. The number of carboxylic acids is 1. The number of nitrogens with zero attached hydrogens (tertiary/aromatic N) is 2. The Morgan fingerprint density at radius 1 is 1.02 bits per heavy atom. The fraction of sp³-hybridized carbons (Fsp3) is 0.368. The van der Waals surface area contributed by atoms with Crippen molar-refractivity contribution in [2.75, 3.05) is 32.8 Å². The lowest BCUT2D eigenvalue weighted by atomic mass is 9.96. The van der Waals surface area contributed by atoms with Crippen LogP contribution in [0.25, 0.3) is 11.1 Å². The van der Waals surface area contributed by atoms with E-state index in [1.165, 1.54) is 13.1 Å². The fourth-order valence-electron chi connectivity index (χ4n) is 6.29. The second kappa shape index (κ2) is 16.4. The topological polar surface area (TPSA) is 134 Å².